The molecular weight excluding hydrogens is 628 g/mol. The van der Waals surface area contributed by atoms with Crippen LogP contribution in [0.1, 0.15) is 26.3 Å². The van der Waals surface area contributed by atoms with Crippen LogP contribution in [0.3, 0.4) is 0 Å². The highest BCUT2D eigenvalue weighted by molar-refractivity contribution is 8.76. The second-order valence-electron chi connectivity index (χ2n) is 10.3. The molecule has 6 aromatic carbocycles. The summed E-state index contributed by atoms with van der Waals surface area (Å²) in [6.07, 6.45) is 1.03. The molecule has 0 atom stereocenters. The monoisotopic (exact) mass is 658 g/mol. The number of hydrogen-bond acceptors (Lipinski definition) is 5. The van der Waals surface area contributed by atoms with E-state index in [0.717, 1.165) is 16.0 Å². The summed E-state index contributed by atoms with van der Waals surface area (Å²) < 4.78 is 0. The van der Waals surface area contributed by atoms with Gasteiger partial charge in [-0.2, -0.15) is 0 Å². The SMILES string of the molecule is O=C([O-])c1ccc(SSc2ccc(C(=O)O)cc2)cc1.c1ccc(C[P+](c2ccccc2)(c2ccccc2)c2ccccc2)cc1. The van der Waals surface area contributed by atoms with Gasteiger partial charge in [0.05, 0.1) is 17.7 Å². The van der Waals surface area contributed by atoms with Crippen LogP contribution in [-0.4, -0.2) is 17.0 Å². The van der Waals surface area contributed by atoms with E-state index >= 15 is 0 Å². The first-order valence-corrected chi connectivity index (χ1v) is 18.7. The maximum atomic E-state index is 10.7. The van der Waals surface area contributed by atoms with Crippen molar-refractivity contribution in [1.82, 2.24) is 0 Å². The summed E-state index contributed by atoms with van der Waals surface area (Å²) in [6.45, 7) is 0. The fourth-order valence-corrected chi connectivity index (χ4v) is 11.2. The third-order valence-electron chi connectivity index (χ3n) is 7.28. The fourth-order valence-electron chi connectivity index (χ4n) is 5.02. The highest BCUT2D eigenvalue weighted by Crippen LogP contribution is 2.58. The molecule has 0 saturated heterocycles. The molecular formula is C39H31O4PS2. The van der Waals surface area contributed by atoms with Gasteiger partial charge in [-0.05, 0) is 83.9 Å². The van der Waals surface area contributed by atoms with Gasteiger partial charge in [0.15, 0.2) is 0 Å². The molecule has 0 aromatic heterocycles. The lowest BCUT2D eigenvalue weighted by Gasteiger charge is -2.27. The van der Waals surface area contributed by atoms with E-state index in [1.807, 2.05) is 0 Å². The van der Waals surface area contributed by atoms with Crippen molar-refractivity contribution in [3.63, 3.8) is 0 Å². The summed E-state index contributed by atoms with van der Waals surface area (Å²) in [4.78, 5) is 23.1. The van der Waals surface area contributed by atoms with Gasteiger partial charge in [0.1, 0.15) is 23.2 Å². The topological polar surface area (TPSA) is 77.4 Å². The van der Waals surface area contributed by atoms with E-state index in [1.165, 1.54) is 55.2 Å². The average Bonchev–Trinajstić information content (AvgIpc) is 3.12. The second kappa shape index (κ2) is 16.1. The van der Waals surface area contributed by atoms with Gasteiger partial charge in [-0.25, -0.2) is 4.79 Å². The van der Waals surface area contributed by atoms with E-state index in [2.05, 4.69) is 121 Å². The molecule has 7 heteroatoms. The minimum Gasteiger partial charge on any atom is -0.545 e. The Kier molecular flexibility index (Phi) is 11.5. The third kappa shape index (κ3) is 8.35. The van der Waals surface area contributed by atoms with E-state index in [9.17, 15) is 14.7 Å². The van der Waals surface area contributed by atoms with Gasteiger partial charge in [-0.1, -0.05) is 119 Å². The molecule has 46 heavy (non-hydrogen) atoms. The Morgan fingerprint density at radius 2 is 0.848 bits per heavy atom. The molecule has 0 unspecified atom stereocenters. The molecule has 0 aliphatic carbocycles. The smallest absolute Gasteiger partial charge is 0.335 e. The molecule has 0 amide bonds. The van der Waals surface area contributed by atoms with Gasteiger partial charge in [0, 0.05) is 9.79 Å². The largest absolute Gasteiger partial charge is 0.545 e. The average molecular weight is 659 g/mol. The van der Waals surface area contributed by atoms with Gasteiger partial charge in [0.2, 0.25) is 0 Å². The van der Waals surface area contributed by atoms with E-state index in [4.69, 9.17) is 5.11 Å². The van der Waals surface area contributed by atoms with Crippen LogP contribution in [0, 0.1) is 0 Å². The van der Waals surface area contributed by atoms with Crippen molar-refractivity contribution >= 4 is 56.7 Å². The number of carboxylic acids is 2. The predicted octanol–water partition coefficient (Wildman–Crippen LogP) is 7.73. The molecule has 4 nitrogen and oxygen atoms in total. The molecule has 0 heterocycles. The highest BCUT2D eigenvalue weighted by atomic mass is 33.1. The fraction of sp³-hybridized carbons (Fsp3) is 0.0256. The Hall–Kier alpha value is -4.61. The van der Waals surface area contributed by atoms with Gasteiger partial charge < -0.3 is 15.0 Å². The molecule has 228 valence electrons. The van der Waals surface area contributed by atoms with E-state index < -0.39 is 19.2 Å². The van der Waals surface area contributed by atoms with Crippen LogP contribution in [0.4, 0.5) is 0 Å². The number of carbonyl (C=O) groups is 2. The Labute approximate surface area is 277 Å². The van der Waals surface area contributed by atoms with Crippen molar-refractivity contribution in [1.29, 1.82) is 0 Å². The van der Waals surface area contributed by atoms with Crippen molar-refractivity contribution in [3.8, 4) is 0 Å². The van der Waals surface area contributed by atoms with Crippen LogP contribution in [-0.2, 0) is 6.16 Å². The van der Waals surface area contributed by atoms with Gasteiger partial charge in [-0.15, -0.1) is 0 Å². The van der Waals surface area contributed by atoms with Crippen LogP contribution in [0.25, 0.3) is 0 Å². The Morgan fingerprint density at radius 1 is 0.500 bits per heavy atom. The van der Waals surface area contributed by atoms with E-state index in [0.29, 0.717) is 0 Å². The number of benzene rings is 6. The number of aromatic carboxylic acids is 2. The summed E-state index contributed by atoms with van der Waals surface area (Å²) in [5.74, 6) is -2.15. The molecule has 0 fully saturated rings. The van der Waals surface area contributed by atoms with E-state index in [1.54, 1.807) is 36.4 Å². The zero-order valence-electron chi connectivity index (χ0n) is 24.8. The minimum absolute atomic E-state index is 0.144. The van der Waals surface area contributed by atoms with Crippen molar-refractivity contribution in [2.24, 2.45) is 0 Å². The Balaban J connectivity index is 0.000000188. The maximum absolute atomic E-state index is 10.7. The molecule has 0 aliphatic heterocycles. The second-order valence-corrected chi connectivity index (χ2v) is 16.0. The number of carbonyl (C=O) groups excluding carboxylic acids is 1. The molecule has 1 N–H and O–H groups in total. The highest BCUT2D eigenvalue weighted by Gasteiger charge is 2.45. The lowest BCUT2D eigenvalue weighted by Crippen LogP contribution is -2.32. The van der Waals surface area contributed by atoms with Crippen LogP contribution in [0.15, 0.2) is 180 Å². The number of hydrogen-bond donors (Lipinski definition) is 1. The molecule has 0 radical (unpaired) electrons. The molecule has 0 spiro atoms. The first kappa shape index (κ1) is 32.8. The zero-order chi connectivity index (χ0) is 32.2. The molecule has 0 bridgehead atoms. The summed E-state index contributed by atoms with van der Waals surface area (Å²) in [5, 5.41) is 23.7. The van der Waals surface area contributed by atoms with E-state index in [-0.39, 0.29) is 11.1 Å². The number of carboxylic acid groups (broad SMARTS) is 2. The standard InChI is InChI=1S/C25H22P.C14H10O4S2/c1-5-13-22(14-6-1)21-26(23-15-7-2-8-16-23,24-17-9-3-10-18-24)25-19-11-4-12-20-25;15-13(16)9-1-5-11(6-2-9)19-20-12-7-3-10(4-8-12)14(17)18/h1-20H,21H2;1-8H,(H,15,16)(H,17,18)/q+1;/p-1. The Bertz CT molecular complexity index is 1680. The zero-order valence-corrected chi connectivity index (χ0v) is 27.3. The van der Waals surface area contributed by atoms with Crippen molar-refractivity contribution in [2.45, 2.75) is 16.0 Å². The first-order valence-electron chi connectivity index (χ1n) is 14.5. The van der Waals surface area contributed by atoms with Crippen LogP contribution < -0.4 is 21.0 Å². The third-order valence-corrected chi connectivity index (χ3v) is 14.1. The predicted molar refractivity (Wildman–Crippen MR) is 191 cm³/mol. The summed E-state index contributed by atoms with van der Waals surface area (Å²) in [5.41, 5.74) is 1.78. The summed E-state index contributed by atoms with van der Waals surface area (Å²) in [7, 11) is 1.16. The minimum atomic E-state index is -1.78. The first-order chi connectivity index (χ1) is 22.5. The van der Waals surface area contributed by atoms with Crippen LogP contribution >= 0.6 is 28.9 Å². The number of rotatable bonds is 10. The van der Waals surface area contributed by atoms with Crippen molar-refractivity contribution in [2.75, 3.05) is 0 Å². The van der Waals surface area contributed by atoms with Crippen LogP contribution in [0.2, 0.25) is 0 Å². The quantitative estimate of drug-likeness (QED) is 0.120. The molecule has 6 aromatic rings. The summed E-state index contributed by atoms with van der Waals surface area (Å²) >= 11 is 0. The lowest BCUT2D eigenvalue weighted by atomic mass is 10.2. The van der Waals surface area contributed by atoms with Crippen molar-refractivity contribution < 1.29 is 19.8 Å². The van der Waals surface area contributed by atoms with Gasteiger partial charge in [0.25, 0.3) is 0 Å². The Morgan fingerprint density at radius 3 is 1.20 bits per heavy atom. The lowest BCUT2D eigenvalue weighted by molar-refractivity contribution is -0.255. The summed E-state index contributed by atoms with van der Waals surface area (Å²) in [6, 6.07) is 57.0. The normalized spacial score (nSPS) is 10.8. The maximum Gasteiger partial charge on any atom is 0.335 e. The van der Waals surface area contributed by atoms with Gasteiger partial charge >= 0.3 is 5.97 Å². The van der Waals surface area contributed by atoms with Crippen molar-refractivity contribution in [3.05, 3.63) is 187 Å². The molecule has 6 rings (SSSR count). The molecule has 0 saturated carbocycles. The van der Waals surface area contributed by atoms with Gasteiger partial charge in [-0.3, -0.25) is 0 Å². The molecule has 0 aliphatic rings. The van der Waals surface area contributed by atoms with Crippen LogP contribution in [0.5, 0.6) is 0 Å².